The third-order valence-electron chi connectivity index (χ3n) is 3.32. The molecule has 2 N–H and O–H groups in total. The molecule has 0 aromatic heterocycles. The van der Waals surface area contributed by atoms with Crippen LogP contribution in [-0.4, -0.2) is 18.5 Å². The SMILES string of the molecule is Cc1ccc(NC(=O)C2CCCCCN2)cc1I. The number of carbonyl (C=O) groups excluding carboxylic acids is 1. The average Bonchev–Trinajstić information content (AvgIpc) is 2.62. The zero-order chi connectivity index (χ0) is 13.0. The third kappa shape index (κ3) is 3.68. The van der Waals surface area contributed by atoms with Crippen LogP contribution in [0.4, 0.5) is 5.69 Å². The molecule has 98 valence electrons. The molecule has 2 rings (SSSR count). The van der Waals surface area contributed by atoms with Crippen LogP contribution in [0.3, 0.4) is 0 Å². The van der Waals surface area contributed by atoms with Crippen LogP contribution in [0, 0.1) is 10.5 Å². The molecular formula is C14H19IN2O. The summed E-state index contributed by atoms with van der Waals surface area (Å²) in [7, 11) is 0. The molecule has 1 atom stereocenters. The maximum Gasteiger partial charge on any atom is 0.241 e. The van der Waals surface area contributed by atoms with E-state index in [0.717, 1.165) is 25.1 Å². The normalized spacial score (nSPS) is 20.2. The minimum absolute atomic E-state index is 0.0357. The fourth-order valence-corrected chi connectivity index (χ4v) is 2.67. The summed E-state index contributed by atoms with van der Waals surface area (Å²) in [6, 6.07) is 5.99. The lowest BCUT2D eigenvalue weighted by molar-refractivity contribution is -0.118. The molecule has 0 bridgehead atoms. The van der Waals surface area contributed by atoms with Gasteiger partial charge in [0.25, 0.3) is 0 Å². The zero-order valence-electron chi connectivity index (χ0n) is 10.6. The molecule has 1 amide bonds. The largest absolute Gasteiger partial charge is 0.325 e. The minimum Gasteiger partial charge on any atom is -0.325 e. The Morgan fingerprint density at radius 3 is 3.00 bits per heavy atom. The van der Waals surface area contributed by atoms with E-state index in [0.29, 0.717) is 0 Å². The minimum atomic E-state index is -0.0357. The zero-order valence-corrected chi connectivity index (χ0v) is 12.8. The summed E-state index contributed by atoms with van der Waals surface area (Å²) in [5, 5.41) is 6.31. The number of hydrogen-bond acceptors (Lipinski definition) is 2. The van der Waals surface area contributed by atoms with Gasteiger partial charge in [-0.15, -0.1) is 0 Å². The van der Waals surface area contributed by atoms with Crippen molar-refractivity contribution in [2.24, 2.45) is 0 Å². The first-order valence-electron chi connectivity index (χ1n) is 6.47. The molecule has 1 heterocycles. The first-order valence-corrected chi connectivity index (χ1v) is 7.55. The van der Waals surface area contributed by atoms with Crippen LogP contribution in [-0.2, 0) is 4.79 Å². The van der Waals surface area contributed by atoms with Gasteiger partial charge in [0.05, 0.1) is 6.04 Å². The van der Waals surface area contributed by atoms with E-state index in [9.17, 15) is 4.79 Å². The second-order valence-corrected chi connectivity index (χ2v) is 5.97. The Morgan fingerprint density at radius 1 is 1.39 bits per heavy atom. The maximum atomic E-state index is 12.1. The number of rotatable bonds is 2. The van der Waals surface area contributed by atoms with Crippen LogP contribution in [0.15, 0.2) is 18.2 Å². The Labute approximate surface area is 122 Å². The molecule has 4 heteroatoms. The van der Waals surface area contributed by atoms with Crippen molar-refractivity contribution in [3.8, 4) is 0 Å². The molecule has 1 aliphatic rings. The maximum absolute atomic E-state index is 12.1. The topological polar surface area (TPSA) is 41.1 Å². The van der Waals surface area contributed by atoms with Gasteiger partial charge >= 0.3 is 0 Å². The van der Waals surface area contributed by atoms with Crippen molar-refractivity contribution >= 4 is 34.2 Å². The van der Waals surface area contributed by atoms with E-state index in [-0.39, 0.29) is 11.9 Å². The van der Waals surface area contributed by atoms with Gasteiger partial charge in [-0.3, -0.25) is 4.79 Å². The highest BCUT2D eigenvalue weighted by Gasteiger charge is 2.19. The Bertz CT molecular complexity index is 426. The summed E-state index contributed by atoms with van der Waals surface area (Å²) in [5.41, 5.74) is 2.13. The molecule has 1 aromatic rings. The first kappa shape index (κ1) is 13.8. The van der Waals surface area contributed by atoms with Gasteiger partial charge < -0.3 is 10.6 Å². The number of anilines is 1. The molecule has 1 aliphatic heterocycles. The number of halogens is 1. The molecular weight excluding hydrogens is 339 g/mol. The Balaban J connectivity index is 1.99. The van der Waals surface area contributed by atoms with Crippen molar-refractivity contribution in [2.45, 2.75) is 38.6 Å². The Morgan fingerprint density at radius 2 is 2.22 bits per heavy atom. The van der Waals surface area contributed by atoms with Gasteiger partial charge in [-0.1, -0.05) is 18.9 Å². The number of nitrogens with one attached hydrogen (secondary N) is 2. The third-order valence-corrected chi connectivity index (χ3v) is 4.48. The van der Waals surface area contributed by atoms with E-state index >= 15 is 0 Å². The summed E-state index contributed by atoms with van der Waals surface area (Å²) in [6.07, 6.45) is 4.47. The standard InChI is InChI=1S/C14H19IN2O/c1-10-6-7-11(9-12(10)15)17-14(18)13-5-3-2-4-8-16-13/h6-7,9,13,16H,2-5,8H2,1H3,(H,17,18). The number of aryl methyl sites for hydroxylation is 1. The number of amides is 1. The van der Waals surface area contributed by atoms with Crippen molar-refractivity contribution in [3.05, 3.63) is 27.3 Å². The lowest BCUT2D eigenvalue weighted by Gasteiger charge is -2.16. The average molecular weight is 358 g/mol. The summed E-state index contributed by atoms with van der Waals surface area (Å²) in [5.74, 6) is 0.0940. The molecule has 0 saturated carbocycles. The van der Waals surface area contributed by atoms with Crippen molar-refractivity contribution in [1.29, 1.82) is 0 Å². The van der Waals surface area contributed by atoms with E-state index in [2.05, 4.69) is 40.1 Å². The first-order chi connectivity index (χ1) is 8.66. The molecule has 0 radical (unpaired) electrons. The highest BCUT2D eigenvalue weighted by atomic mass is 127. The molecule has 0 spiro atoms. The van der Waals surface area contributed by atoms with Crippen LogP contribution >= 0.6 is 22.6 Å². The van der Waals surface area contributed by atoms with Gasteiger partial charge in [0.2, 0.25) is 5.91 Å². The quantitative estimate of drug-likeness (QED) is 0.798. The van der Waals surface area contributed by atoms with Gasteiger partial charge in [0.15, 0.2) is 0 Å². The molecule has 1 fully saturated rings. The van der Waals surface area contributed by atoms with Crippen LogP contribution in [0.25, 0.3) is 0 Å². The monoisotopic (exact) mass is 358 g/mol. The molecule has 0 aliphatic carbocycles. The predicted octanol–water partition coefficient (Wildman–Crippen LogP) is 3.07. The number of carbonyl (C=O) groups is 1. The van der Waals surface area contributed by atoms with Crippen LogP contribution < -0.4 is 10.6 Å². The van der Waals surface area contributed by atoms with Crippen LogP contribution in [0.5, 0.6) is 0 Å². The van der Waals surface area contributed by atoms with E-state index in [1.807, 2.05) is 18.2 Å². The van der Waals surface area contributed by atoms with Crippen LogP contribution in [0.1, 0.15) is 31.2 Å². The fourth-order valence-electron chi connectivity index (χ4n) is 2.15. The van der Waals surface area contributed by atoms with Crippen LogP contribution in [0.2, 0.25) is 0 Å². The van der Waals surface area contributed by atoms with Crippen molar-refractivity contribution in [3.63, 3.8) is 0 Å². The van der Waals surface area contributed by atoms with Gasteiger partial charge in [0.1, 0.15) is 0 Å². The van der Waals surface area contributed by atoms with Crippen molar-refractivity contribution < 1.29 is 4.79 Å². The van der Waals surface area contributed by atoms with E-state index in [1.165, 1.54) is 22.0 Å². The number of benzene rings is 1. The van der Waals surface area contributed by atoms with Gasteiger partial charge in [0, 0.05) is 9.26 Å². The van der Waals surface area contributed by atoms with Gasteiger partial charge in [-0.2, -0.15) is 0 Å². The molecule has 3 nitrogen and oxygen atoms in total. The van der Waals surface area contributed by atoms with Crippen molar-refractivity contribution in [1.82, 2.24) is 5.32 Å². The highest BCUT2D eigenvalue weighted by molar-refractivity contribution is 14.1. The summed E-state index contributed by atoms with van der Waals surface area (Å²) in [6.45, 7) is 3.02. The summed E-state index contributed by atoms with van der Waals surface area (Å²) in [4.78, 5) is 12.1. The lowest BCUT2D eigenvalue weighted by Crippen LogP contribution is -2.39. The lowest BCUT2D eigenvalue weighted by atomic mass is 10.1. The van der Waals surface area contributed by atoms with E-state index in [1.54, 1.807) is 0 Å². The number of hydrogen-bond donors (Lipinski definition) is 2. The Kier molecular flexibility index (Phi) is 5.00. The second kappa shape index (κ2) is 6.52. The highest BCUT2D eigenvalue weighted by Crippen LogP contribution is 2.18. The predicted molar refractivity (Wildman–Crippen MR) is 82.8 cm³/mol. The van der Waals surface area contributed by atoms with Crippen molar-refractivity contribution in [2.75, 3.05) is 11.9 Å². The molecule has 1 unspecified atom stereocenters. The van der Waals surface area contributed by atoms with E-state index in [4.69, 9.17) is 0 Å². The molecule has 1 saturated heterocycles. The smallest absolute Gasteiger partial charge is 0.241 e. The Hall–Kier alpha value is -0.620. The summed E-state index contributed by atoms with van der Waals surface area (Å²) >= 11 is 2.29. The molecule has 1 aromatic carbocycles. The summed E-state index contributed by atoms with van der Waals surface area (Å²) < 4.78 is 1.18. The second-order valence-electron chi connectivity index (χ2n) is 4.81. The van der Waals surface area contributed by atoms with E-state index < -0.39 is 0 Å². The fraction of sp³-hybridized carbons (Fsp3) is 0.500. The molecule has 18 heavy (non-hydrogen) atoms. The van der Waals surface area contributed by atoms with Gasteiger partial charge in [-0.25, -0.2) is 0 Å². The van der Waals surface area contributed by atoms with Gasteiger partial charge in [-0.05, 0) is 66.6 Å².